The standard InChI is InChI=1S/C23H16Cl2N2O3/c24-20-10-9-17(13-21(20)25)27-23(29)19(22(28)26-27)12-16-7-4-8-18(11-16)30-14-15-5-2-1-3-6-15/h1-13H,14H2,(H,26,28). The van der Waals surface area contributed by atoms with Crippen LogP contribution < -0.4 is 15.2 Å². The zero-order valence-electron chi connectivity index (χ0n) is 15.6. The molecule has 1 heterocycles. The van der Waals surface area contributed by atoms with Gasteiger partial charge < -0.3 is 4.74 Å². The molecule has 1 saturated heterocycles. The van der Waals surface area contributed by atoms with Gasteiger partial charge in [0.15, 0.2) is 0 Å². The van der Waals surface area contributed by atoms with Gasteiger partial charge in [-0.05, 0) is 47.5 Å². The summed E-state index contributed by atoms with van der Waals surface area (Å²) in [5.41, 5.74) is 4.70. The lowest BCUT2D eigenvalue weighted by molar-refractivity contribution is -0.117. The predicted molar refractivity (Wildman–Crippen MR) is 117 cm³/mol. The minimum atomic E-state index is -0.498. The smallest absolute Gasteiger partial charge is 0.282 e. The Kier molecular flexibility index (Phi) is 5.74. The Hall–Kier alpha value is -3.28. The van der Waals surface area contributed by atoms with Crippen LogP contribution in [-0.2, 0) is 16.2 Å². The molecule has 5 nitrogen and oxygen atoms in total. The van der Waals surface area contributed by atoms with Crippen molar-refractivity contribution in [2.24, 2.45) is 0 Å². The maximum atomic E-state index is 12.8. The molecule has 1 aliphatic rings. The predicted octanol–water partition coefficient (Wildman–Crippen LogP) is 5.03. The number of carbonyl (C=O) groups is 2. The van der Waals surface area contributed by atoms with E-state index in [1.165, 1.54) is 12.1 Å². The molecule has 0 radical (unpaired) electrons. The number of nitrogens with zero attached hydrogens (tertiary/aromatic N) is 1. The lowest BCUT2D eigenvalue weighted by Gasteiger charge is -2.15. The molecule has 0 aromatic heterocycles. The third kappa shape index (κ3) is 4.32. The highest BCUT2D eigenvalue weighted by Gasteiger charge is 2.34. The number of hydrazine groups is 1. The summed E-state index contributed by atoms with van der Waals surface area (Å²) >= 11 is 11.9. The number of amides is 2. The Labute approximate surface area is 183 Å². The normalized spacial score (nSPS) is 14.9. The van der Waals surface area contributed by atoms with E-state index in [0.717, 1.165) is 10.6 Å². The first-order chi connectivity index (χ1) is 14.5. The van der Waals surface area contributed by atoms with E-state index in [4.69, 9.17) is 27.9 Å². The second-order valence-electron chi connectivity index (χ2n) is 6.58. The first-order valence-electron chi connectivity index (χ1n) is 9.10. The topological polar surface area (TPSA) is 58.6 Å². The molecule has 0 aliphatic carbocycles. The third-order valence-corrected chi connectivity index (χ3v) is 5.21. The van der Waals surface area contributed by atoms with Crippen LogP contribution in [-0.4, -0.2) is 11.8 Å². The SMILES string of the molecule is O=C1NN(c2ccc(Cl)c(Cl)c2)C(=O)C1=Cc1cccc(OCc2ccccc2)c1. The van der Waals surface area contributed by atoms with Crippen molar-refractivity contribution in [2.75, 3.05) is 5.01 Å². The van der Waals surface area contributed by atoms with Gasteiger partial charge in [0, 0.05) is 0 Å². The Bertz CT molecular complexity index is 1150. The molecule has 150 valence electrons. The first kappa shape index (κ1) is 20.0. The van der Waals surface area contributed by atoms with E-state index in [2.05, 4.69) is 5.43 Å². The second-order valence-corrected chi connectivity index (χ2v) is 7.40. The van der Waals surface area contributed by atoms with E-state index >= 15 is 0 Å². The zero-order valence-corrected chi connectivity index (χ0v) is 17.2. The molecule has 0 spiro atoms. The number of benzene rings is 3. The van der Waals surface area contributed by atoms with Crippen molar-refractivity contribution in [3.8, 4) is 5.75 Å². The van der Waals surface area contributed by atoms with Crippen molar-refractivity contribution in [1.29, 1.82) is 0 Å². The van der Waals surface area contributed by atoms with Crippen molar-refractivity contribution in [3.63, 3.8) is 0 Å². The summed E-state index contributed by atoms with van der Waals surface area (Å²) in [6, 6.07) is 21.7. The molecule has 7 heteroatoms. The summed E-state index contributed by atoms with van der Waals surface area (Å²) in [5.74, 6) is -0.337. The van der Waals surface area contributed by atoms with Crippen LogP contribution in [0.15, 0.2) is 78.4 Å². The van der Waals surface area contributed by atoms with Gasteiger partial charge in [-0.1, -0.05) is 65.7 Å². The Morgan fingerprint density at radius 1 is 0.900 bits per heavy atom. The minimum Gasteiger partial charge on any atom is -0.489 e. The fourth-order valence-corrected chi connectivity index (χ4v) is 3.26. The van der Waals surface area contributed by atoms with Gasteiger partial charge in [-0.2, -0.15) is 0 Å². The zero-order chi connectivity index (χ0) is 21.1. The highest BCUT2D eigenvalue weighted by molar-refractivity contribution is 6.42. The van der Waals surface area contributed by atoms with Crippen molar-refractivity contribution < 1.29 is 14.3 Å². The minimum absolute atomic E-state index is 0.0151. The fraction of sp³-hybridized carbons (Fsp3) is 0.0435. The summed E-state index contributed by atoms with van der Waals surface area (Å²) in [4.78, 5) is 25.2. The van der Waals surface area contributed by atoms with Crippen LogP contribution in [0.2, 0.25) is 10.0 Å². The summed E-state index contributed by atoms with van der Waals surface area (Å²) in [6.45, 7) is 0.422. The molecular weight excluding hydrogens is 423 g/mol. The molecule has 0 saturated carbocycles. The van der Waals surface area contributed by atoms with Crippen LogP contribution in [0.1, 0.15) is 11.1 Å². The van der Waals surface area contributed by atoms with Crippen molar-refractivity contribution in [2.45, 2.75) is 6.61 Å². The summed E-state index contributed by atoms with van der Waals surface area (Å²) in [7, 11) is 0. The van der Waals surface area contributed by atoms with Crippen LogP contribution in [0.5, 0.6) is 5.75 Å². The Morgan fingerprint density at radius 3 is 2.47 bits per heavy atom. The molecule has 2 amide bonds. The molecule has 1 N–H and O–H groups in total. The van der Waals surface area contributed by atoms with Gasteiger partial charge in [0.2, 0.25) is 0 Å². The van der Waals surface area contributed by atoms with Gasteiger partial charge in [0.05, 0.1) is 15.7 Å². The molecule has 0 bridgehead atoms. The van der Waals surface area contributed by atoms with Crippen molar-refractivity contribution in [1.82, 2.24) is 5.43 Å². The van der Waals surface area contributed by atoms with Gasteiger partial charge in [-0.15, -0.1) is 0 Å². The summed E-state index contributed by atoms with van der Waals surface area (Å²) in [5, 5.41) is 1.80. The summed E-state index contributed by atoms with van der Waals surface area (Å²) < 4.78 is 5.81. The number of anilines is 1. The van der Waals surface area contributed by atoms with Crippen LogP contribution in [0.4, 0.5) is 5.69 Å². The van der Waals surface area contributed by atoms with Gasteiger partial charge >= 0.3 is 0 Å². The van der Waals surface area contributed by atoms with Crippen molar-refractivity contribution in [3.05, 3.63) is 99.5 Å². The molecule has 30 heavy (non-hydrogen) atoms. The molecule has 1 fully saturated rings. The monoisotopic (exact) mass is 438 g/mol. The number of ether oxygens (including phenoxy) is 1. The number of hydrogen-bond donors (Lipinski definition) is 1. The number of halogens is 2. The molecular formula is C23H16Cl2N2O3. The van der Waals surface area contributed by atoms with E-state index in [-0.39, 0.29) is 10.6 Å². The van der Waals surface area contributed by atoms with E-state index < -0.39 is 11.8 Å². The average molecular weight is 439 g/mol. The number of hydrogen-bond acceptors (Lipinski definition) is 3. The molecule has 1 aliphatic heterocycles. The van der Waals surface area contributed by atoms with Crippen LogP contribution in [0.25, 0.3) is 6.08 Å². The highest BCUT2D eigenvalue weighted by atomic mass is 35.5. The maximum absolute atomic E-state index is 12.8. The Morgan fingerprint density at radius 2 is 1.70 bits per heavy atom. The van der Waals surface area contributed by atoms with E-state index in [9.17, 15) is 9.59 Å². The quantitative estimate of drug-likeness (QED) is 0.448. The van der Waals surface area contributed by atoms with Gasteiger partial charge in [-0.3, -0.25) is 15.0 Å². The average Bonchev–Trinajstić information content (AvgIpc) is 3.03. The lowest BCUT2D eigenvalue weighted by atomic mass is 10.1. The molecule has 3 aromatic rings. The van der Waals surface area contributed by atoms with Crippen molar-refractivity contribution >= 4 is 46.8 Å². The number of rotatable bonds is 5. The van der Waals surface area contributed by atoms with E-state index in [0.29, 0.717) is 28.6 Å². The summed E-state index contributed by atoms with van der Waals surface area (Å²) in [6.07, 6.45) is 1.53. The molecule has 0 unspecified atom stereocenters. The number of nitrogens with one attached hydrogen (secondary N) is 1. The largest absolute Gasteiger partial charge is 0.489 e. The van der Waals surface area contributed by atoms with E-state index in [1.54, 1.807) is 30.3 Å². The van der Waals surface area contributed by atoms with Gasteiger partial charge in [-0.25, -0.2) is 5.01 Å². The van der Waals surface area contributed by atoms with Crippen LogP contribution in [0.3, 0.4) is 0 Å². The second kappa shape index (κ2) is 8.61. The molecule has 0 atom stereocenters. The number of carbonyl (C=O) groups excluding carboxylic acids is 2. The lowest BCUT2D eigenvalue weighted by Crippen LogP contribution is -2.35. The molecule has 3 aromatic carbocycles. The molecule has 4 rings (SSSR count). The van der Waals surface area contributed by atoms with Crippen LogP contribution >= 0.6 is 23.2 Å². The maximum Gasteiger partial charge on any atom is 0.282 e. The highest BCUT2D eigenvalue weighted by Crippen LogP contribution is 2.29. The van der Waals surface area contributed by atoms with Crippen LogP contribution in [0, 0.1) is 0 Å². The van der Waals surface area contributed by atoms with Gasteiger partial charge in [0.25, 0.3) is 11.8 Å². The fourth-order valence-electron chi connectivity index (χ4n) is 2.97. The first-order valence-corrected chi connectivity index (χ1v) is 9.86. The third-order valence-electron chi connectivity index (χ3n) is 4.47. The van der Waals surface area contributed by atoms with E-state index in [1.807, 2.05) is 36.4 Å². The Balaban J connectivity index is 1.53. The van der Waals surface area contributed by atoms with Gasteiger partial charge in [0.1, 0.15) is 17.9 Å².